The lowest BCUT2D eigenvalue weighted by Gasteiger charge is -2.14. The Kier molecular flexibility index (Phi) is 5.49. The second kappa shape index (κ2) is 7.89. The number of fused-ring (bicyclic) bond motifs is 1. The summed E-state index contributed by atoms with van der Waals surface area (Å²) in [6.45, 7) is 3.43. The Morgan fingerprint density at radius 1 is 1.16 bits per heavy atom. The molecule has 2 N–H and O–H groups in total. The van der Waals surface area contributed by atoms with Gasteiger partial charge in [-0.15, -0.1) is 0 Å². The molecule has 1 aliphatic heterocycles. The van der Waals surface area contributed by atoms with Crippen LogP contribution in [0.15, 0.2) is 41.3 Å². The third-order valence-corrected chi connectivity index (χ3v) is 8.76. The lowest BCUT2D eigenvalue weighted by molar-refractivity contribution is 0.0864. The van der Waals surface area contributed by atoms with Crippen molar-refractivity contribution in [3.63, 3.8) is 0 Å². The smallest absolute Gasteiger partial charge is 0.269 e. The van der Waals surface area contributed by atoms with Gasteiger partial charge in [-0.3, -0.25) is 14.3 Å². The van der Waals surface area contributed by atoms with E-state index in [1.165, 1.54) is 18.2 Å². The van der Waals surface area contributed by atoms with E-state index in [9.17, 15) is 26.4 Å². The molecule has 0 spiro atoms. The van der Waals surface area contributed by atoms with Crippen LogP contribution in [0.3, 0.4) is 0 Å². The van der Waals surface area contributed by atoms with Crippen LogP contribution in [0.1, 0.15) is 52.5 Å². The maximum absolute atomic E-state index is 12.8. The van der Waals surface area contributed by atoms with Crippen LogP contribution >= 0.6 is 0 Å². The van der Waals surface area contributed by atoms with Crippen LogP contribution in [0.5, 0.6) is 0 Å². The number of rotatable bonds is 7. The molecule has 170 valence electrons. The summed E-state index contributed by atoms with van der Waals surface area (Å²) in [6.07, 6.45) is 1.75. The molecule has 0 unspecified atom stereocenters. The molecule has 1 fully saturated rings. The summed E-state index contributed by atoms with van der Waals surface area (Å²) < 4.78 is 53.2. The molecule has 2 aromatic rings. The van der Waals surface area contributed by atoms with Crippen molar-refractivity contribution in [1.82, 2.24) is 4.31 Å². The van der Waals surface area contributed by atoms with Gasteiger partial charge in [0.15, 0.2) is 0 Å². The molecule has 2 amide bonds. The average Bonchev–Trinajstić information content (AvgIpc) is 3.52. The molecule has 0 radical (unpaired) electrons. The molecule has 32 heavy (non-hydrogen) atoms. The van der Waals surface area contributed by atoms with Crippen molar-refractivity contribution in [2.45, 2.75) is 44.0 Å². The van der Waals surface area contributed by atoms with Crippen molar-refractivity contribution in [2.24, 2.45) is 0 Å². The number of sulfonamides is 2. The maximum Gasteiger partial charge on any atom is 0.269 e. The van der Waals surface area contributed by atoms with Crippen LogP contribution in [0.25, 0.3) is 0 Å². The van der Waals surface area contributed by atoms with Gasteiger partial charge in [-0.25, -0.2) is 21.1 Å². The summed E-state index contributed by atoms with van der Waals surface area (Å²) in [6, 6.07) is 8.48. The van der Waals surface area contributed by atoms with Crippen molar-refractivity contribution in [1.29, 1.82) is 0 Å². The van der Waals surface area contributed by atoms with Gasteiger partial charge in [0.25, 0.3) is 21.8 Å². The SMILES string of the molecule is CCCS(=O)(=O)Nc1cccc(NC(=O)c2ccc3c(c2)S(=O)(=O)N(C2CC2)C3=O)c1C. The Hall–Kier alpha value is -2.92. The normalized spacial score (nSPS) is 17.2. The predicted molar refractivity (Wildman–Crippen MR) is 120 cm³/mol. The number of hydrogen-bond acceptors (Lipinski definition) is 6. The van der Waals surface area contributed by atoms with Crippen LogP contribution in [0.4, 0.5) is 11.4 Å². The number of anilines is 2. The highest BCUT2D eigenvalue weighted by Crippen LogP contribution is 2.39. The summed E-state index contributed by atoms with van der Waals surface area (Å²) in [5, 5.41) is 2.69. The van der Waals surface area contributed by atoms with E-state index in [0.29, 0.717) is 36.2 Å². The largest absolute Gasteiger partial charge is 0.322 e. The molecular formula is C21H23N3O6S2. The van der Waals surface area contributed by atoms with E-state index in [4.69, 9.17) is 0 Å². The van der Waals surface area contributed by atoms with E-state index < -0.39 is 31.9 Å². The van der Waals surface area contributed by atoms with Crippen molar-refractivity contribution in [3.8, 4) is 0 Å². The number of carbonyl (C=O) groups excluding carboxylic acids is 2. The van der Waals surface area contributed by atoms with Gasteiger partial charge < -0.3 is 5.32 Å². The summed E-state index contributed by atoms with van der Waals surface area (Å²) in [5.74, 6) is -1.15. The first-order chi connectivity index (χ1) is 15.0. The highest BCUT2D eigenvalue weighted by atomic mass is 32.2. The van der Waals surface area contributed by atoms with Gasteiger partial charge in [0.1, 0.15) is 4.90 Å². The van der Waals surface area contributed by atoms with Crippen molar-refractivity contribution in [3.05, 3.63) is 53.1 Å². The zero-order valence-electron chi connectivity index (χ0n) is 17.6. The van der Waals surface area contributed by atoms with Crippen LogP contribution in [0.2, 0.25) is 0 Å². The number of amides is 2. The molecule has 0 bridgehead atoms. The minimum absolute atomic E-state index is 0.0246. The molecular weight excluding hydrogens is 454 g/mol. The zero-order chi connectivity index (χ0) is 23.3. The van der Waals surface area contributed by atoms with Crippen molar-refractivity contribution >= 4 is 43.2 Å². The fourth-order valence-corrected chi connectivity index (χ4v) is 6.66. The standard InChI is InChI=1S/C21H23N3O6S2/c1-3-11-31(27,28)23-18-6-4-5-17(13(18)2)22-20(25)14-7-10-16-19(12-14)32(29,30)24(21(16)26)15-8-9-15/h4-7,10,12,15,23H,3,8-9,11H2,1-2H3,(H,22,25). The van der Waals surface area contributed by atoms with Crippen LogP contribution < -0.4 is 10.0 Å². The minimum Gasteiger partial charge on any atom is -0.322 e. The molecule has 4 rings (SSSR count). The zero-order valence-corrected chi connectivity index (χ0v) is 19.2. The van der Waals surface area contributed by atoms with Crippen LogP contribution in [-0.2, 0) is 20.0 Å². The molecule has 11 heteroatoms. The van der Waals surface area contributed by atoms with Crippen molar-refractivity contribution < 1.29 is 26.4 Å². The van der Waals surface area contributed by atoms with Crippen LogP contribution in [0, 0.1) is 6.92 Å². The average molecular weight is 478 g/mol. The van der Waals surface area contributed by atoms with Gasteiger partial charge in [0.2, 0.25) is 10.0 Å². The minimum atomic E-state index is -3.97. The first-order valence-electron chi connectivity index (χ1n) is 10.2. The molecule has 0 saturated heterocycles. The summed E-state index contributed by atoms with van der Waals surface area (Å²) >= 11 is 0. The van der Waals surface area contributed by atoms with Crippen LogP contribution in [-0.4, -0.2) is 44.7 Å². The highest BCUT2D eigenvalue weighted by molar-refractivity contribution is 7.92. The van der Waals surface area contributed by atoms with Gasteiger partial charge in [-0.1, -0.05) is 13.0 Å². The van der Waals surface area contributed by atoms with E-state index in [2.05, 4.69) is 10.0 Å². The summed E-state index contributed by atoms with van der Waals surface area (Å²) in [7, 11) is -7.48. The molecule has 1 saturated carbocycles. The fraction of sp³-hybridized carbons (Fsp3) is 0.333. The molecule has 2 aliphatic rings. The van der Waals surface area contributed by atoms with Gasteiger partial charge in [0.05, 0.1) is 17.0 Å². The van der Waals surface area contributed by atoms with Gasteiger partial charge in [-0.05, 0) is 62.1 Å². The third kappa shape index (κ3) is 3.97. The van der Waals surface area contributed by atoms with Gasteiger partial charge in [-0.2, -0.15) is 0 Å². The maximum atomic E-state index is 12.8. The van der Waals surface area contributed by atoms with E-state index in [0.717, 1.165) is 4.31 Å². The molecule has 1 aliphatic carbocycles. The number of hydrogen-bond donors (Lipinski definition) is 2. The Bertz CT molecular complexity index is 1330. The number of nitrogens with zero attached hydrogens (tertiary/aromatic N) is 1. The molecule has 9 nitrogen and oxygen atoms in total. The van der Waals surface area contributed by atoms with E-state index in [1.807, 2.05) is 0 Å². The number of nitrogens with one attached hydrogen (secondary N) is 2. The summed E-state index contributed by atoms with van der Waals surface area (Å²) in [5.41, 5.74) is 1.39. The number of carbonyl (C=O) groups is 2. The highest BCUT2D eigenvalue weighted by Gasteiger charge is 2.48. The quantitative estimate of drug-likeness (QED) is 0.631. The van der Waals surface area contributed by atoms with E-state index >= 15 is 0 Å². The Labute approximate surface area is 186 Å². The number of benzene rings is 2. The van der Waals surface area contributed by atoms with E-state index in [-0.39, 0.29) is 27.8 Å². The van der Waals surface area contributed by atoms with Gasteiger partial charge >= 0.3 is 0 Å². The lowest BCUT2D eigenvalue weighted by atomic mass is 10.1. The molecule has 0 atom stereocenters. The third-order valence-electron chi connectivity index (χ3n) is 5.41. The second-order valence-electron chi connectivity index (χ2n) is 7.90. The Balaban J connectivity index is 1.60. The topological polar surface area (TPSA) is 130 Å². The fourth-order valence-electron chi connectivity index (χ4n) is 3.62. The monoisotopic (exact) mass is 477 g/mol. The Morgan fingerprint density at radius 2 is 1.84 bits per heavy atom. The molecule has 0 aromatic heterocycles. The first kappa shape index (κ1) is 22.3. The summed E-state index contributed by atoms with van der Waals surface area (Å²) in [4.78, 5) is 25.2. The second-order valence-corrected chi connectivity index (χ2v) is 11.5. The first-order valence-corrected chi connectivity index (χ1v) is 13.3. The van der Waals surface area contributed by atoms with Gasteiger partial charge in [0, 0.05) is 17.3 Å². The van der Waals surface area contributed by atoms with E-state index in [1.54, 1.807) is 32.0 Å². The predicted octanol–water partition coefficient (Wildman–Crippen LogP) is 2.71. The molecule has 1 heterocycles. The lowest BCUT2D eigenvalue weighted by Crippen LogP contribution is -2.31. The Morgan fingerprint density at radius 3 is 2.50 bits per heavy atom. The molecule has 2 aromatic carbocycles. The van der Waals surface area contributed by atoms with Crippen molar-refractivity contribution in [2.75, 3.05) is 15.8 Å².